The number of imide groups is 1. The van der Waals surface area contributed by atoms with E-state index < -0.39 is 29.3 Å². The quantitative estimate of drug-likeness (QED) is 0.283. The van der Waals surface area contributed by atoms with Gasteiger partial charge in [0.15, 0.2) is 5.78 Å². The number of hydrogen-bond acceptors (Lipinski definition) is 5. The molecule has 0 aliphatic carbocycles. The number of rotatable bonds is 0. The second kappa shape index (κ2) is 2.69. The molecular weight excluding hydrogens is 188 g/mol. The molecule has 0 bridgehead atoms. The maximum absolute atomic E-state index is 11.2. The Morgan fingerprint density at radius 1 is 1.14 bits per heavy atom. The molecule has 1 N–H and O–H groups in total. The van der Waals surface area contributed by atoms with Crippen LogP contribution in [0.5, 0.6) is 0 Å². The van der Waals surface area contributed by atoms with Crippen LogP contribution in [0.1, 0.15) is 0 Å². The van der Waals surface area contributed by atoms with E-state index in [0.29, 0.717) is 0 Å². The van der Waals surface area contributed by atoms with Crippen LogP contribution >= 0.6 is 0 Å². The smallest absolute Gasteiger partial charge is 0.292 e. The van der Waals surface area contributed by atoms with E-state index in [-0.39, 0.29) is 5.57 Å². The van der Waals surface area contributed by atoms with Gasteiger partial charge in [-0.05, 0) is 0 Å². The Labute approximate surface area is 77.7 Å². The lowest BCUT2D eigenvalue weighted by Gasteiger charge is -2.21. The van der Waals surface area contributed by atoms with Gasteiger partial charge in [-0.25, -0.2) is 0 Å². The number of ketones is 2. The fraction of sp³-hybridized carbons (Fsp3) is 0.125. The van der Waals surface area contributed by atoms with Gasteiger partial charge in [-0.15, -0.1) is 0 Å². The van der Waals surface area contributed by atoms with Gasteiger partial charge < -0.3 is 0 Å². The maximum Gasteiger partial charge on any atom is 0.295 e. The van der Waals surface area contributed by atoms with Gasteiger partial charge in [-0.3, -0.25) is 29.5 Å². The lowest BCUT2D eigenvalue weighted by atomic mass is 9.86. The summed E-state index contributed by atoms with van der Waals surface area (Å²) >= 11 is 0. The van der Waals surface area contributed by atoms with Gasteiger partial charge in [0.1, 0.15) is 5.92 Å². The number of hydrogen-bond donors (Lipinski definition) is 1. The minimum atomic E-state index is -1.28. The van der Waals surface area contributed by atoms with Crippen LogP contribution in [0, 0.1) is 5.92 Å². The van der Waals surface area contributed by atoms with Crippen LogP contribution in [0.25, 0.3) is 0 Å². The lowest BCUT2D eigenvalue weighted by Crippen LogP contribution is -2.51. The SMILES string of the molecule is O=C1NC(=O)C2=CN=CC(=O)C2C1=O. The molecule has 0 aromatic rings. The molecule has 0 aromatic heterocycles. The van der Waals surface area contributed by atoms with Crippen molar-refractivity contribution in [3.63, 3.8) is 0 Å². The summed E-state index contributed by atoms with van der Waals surface area (Å²) in [6, 6.07) is 0. The van der Waals surface area contributed by atoms with Gasteiger partial charge >= 0.3 is 0 Å². The molecule has 1 saturated heterocycles. The molecule has 1 atom stereocenters. The first-order valence-corrected chi connectivity index (χ1v) is 3.78. The van der Waals surface area contributed by atoms with Crippen LogP contribution in [0.3, 0.4) is 0 Å². The minimum Gasteiger partial charge on any atom is -0.292 e. The van der Waals surface area contributed by atoms with Crippen LogP contribution in [-0.2, 0) is 19.2 Å². The summed E-state index contributed by atoms with van der Waals surface area (Å²) < 4.78 is 0. The molecule has 0 radical (unpaired) electrons. The second-order valence-electron chi connectivity index (χ2n) is 2.85. The largest absolute Gasteiger partial charge is 0.295 e. The third kappa shape index (κ3) is 1.00. The average Bonchev–Trinajstić information content (AvgIpc) is 2.14. The summed E-state index contributed by atoms with van der Waals surface area (Å²) in [5.41, 5.74) is -0.0675. The number of piperidine rings is 1. The lowest BCUT2D eigenvalue weighted by molar-refractivity contribution is -0.146. The van der Waals surface area contributed by atoms with Crippen molar-refractivity contribution in [1.29, 1.82) is 0 Å². The molecule has 6 heteroatoms. The molecule has 1 unspecified atom stereocenters. The number of nitrogens with zero attached hydrogens (tertiary/aromatic N) is 1. The Morgan fingerprint density at radius 2 is 1.86 bits per heavy atom. The van der Waals surface area contributed by atoms with Crippen molar-refractivity contribution in [3.05, 3.63) is 11.8 Å². The Hall–Kier alpha value is -2.11. The Balaban J connectivity index is 2.51. The zero-order chi connectivity index (χ0) is 10.3. The number of Topliss-reactive ketones (excluding diaryl/α,β-unsaturated/α-hetero) is 2. The molecule has 0 spiro atoms. The van der Waals surface area contributed by atoms with Crippen molar-refractivity contribution in [2.45, 2.75) is 0 Å². The van der Waals surface area contributed by atoms with Crippen molar-refractivity contribution < 1.29 is 19.2 Å². The number of carbonyl (C=O) groups excluding carboxylic acids is 4. The highest BCUT2D eigenvalue weighted by molar-refractivity contribution is 6.52. The average molecular weight is 192 g/mol. The molecule has 0 aromatic carbocycles. The highest BCUT2D eigenvalue weighted by Gasteiger charge is 2.43. The molecule has 2 aliphatic rings. The molecule has 2 amide bonds. The first-order valence-electron chi connectivity index (χ1n) is 3.78. The number of carbonyl (C=O) groups is 4. The van der Waals surface area contributed by atoms with E-state index in [1.54, 1.807) is 0 Å². The predicted molar refractivity (Wildman–Crippen MR) is 43.2 cm³/mol. The van der Waals surface area contributed by atoms with E-state index in [0.717, 1.165) is 12.4 Å². The fourth-order valence-corrected chi connectivity index (χ4v) is 1.32. The van der Waals surface area contributed by atoms with Crippen LogP contribution in [0.4, 0.5) is 0 Å². The molecule has 1 fully saturated rings. The number of fused-ring (bicyclic) bond motifs is 1. The van der Waals surface area contributed by atoms with Crippen LogP contribution in [0.2, 0.25) is 0 Å². The van der Waals surface area contributed by atoms with Crippen molar-refractivity contribution >= 4 is 29.6 Å². The summed E-state index contributed by atoms with van der Waals surface area (Å²) in [6.07, 6.45) is 2.05. The summed E-state index contributed by atoms with van der Waals surface area (Å²) in [7, 11) is 0. The third-order valence-corrected chi connectivity index (χ3v) is 1.99. The molecule has 70 valence electrons. The first kappa shape index (κ1) is 8.49. The van der Waals surface area contributed by atoms with E-state index in [1.807, 2.05) is 5.32 Å². The van der Waals surface area contributed by atoms with Gasteiger partial charge in [-0.1, -0.05) is 0 Å². The van der Waals surface area contributed by atoms with Crippen LogP contribution in [-0.4, -0.2) is 29.6 Å². The highest BCUT2D eigenvalue weighted by Crippen LogP contribution is 2.20. The van der Waals surface area contributed by atoms with Gasteiger partial charge in [0.05, 0.1) is 11.8 Å². The standard InChI is InChI=1S/C8H4N2O4/c11-4-2-9-1-3-5(4)6(12)8(14)10-7(3)13/h1-2,5H,(H,10,13,14). The number of aliphatic imine (C=N–C) groups is 1. The van der Waals surface area contributed by atoms with E-state index in [9.17, 15) is 19.2 Å². The normalized spacial score (nSPS) is 25.7. The summed E-state index contributed by atoms with van der Waals surface area (Å²) in [5.74, 6) is -4.60. The van der Waals surface area contributed by atoms with Crippen molar-refractivity contribution in [2.75, 3.05) is 0 Å². The zero-order valence-corrected chi connectivity index (χ0v) is 6.81. The van der Waals surface area contributed by atoms with Crippen LogP contribution < -0.4 is 5.32 Å². The van der Waals surface area contributed by atoms with Crippen LogP contribution in [0.15, 0.2) is 16.8 Å². The Bertz CT molecular complexity index is 433. The van der Waals surface area contributed by atoms with Gasteiger partial charge in [-0.2, -0.15) is 0 Å². The number of nitrogens with one attached hydrogen (secondary N) is 1. The Kier molecular flexibility index (Phi) is 1.63. The van der Waals surface area contributed by atoms with E-state index >= 15 is 0 Å². The van der Waals surface area contributed by atoms with E-state index in [2.05, 4.69) is 4.99 Å². The summed E-state index contributed by atoms with van der Waals surface area (Å²) in [6.45, 7) is 0. The van der Waals surface area contributed by atoms with Gasteiger partial charge in [0.2, 0.25) is 5.78 Å². The molecule has 6 nitrogen and oxygen atoms in total. The number of amides is 2. The summed E-state index contributed by atoms with van der Waals surface area (Å²) in [5, 5.41) is 1.83. The molecule has 2 rings (SSSR count). The van der Waals surface area contributed by atoms with Crippen molar-refractivity contribution in [1.82, 2.24) is 5.32 Å². The first-order chi connectivity index (χ1) is 6.61. The molecule has 14 heavy (non-hydrogen) atoms. The molecule has 0 saturated carbocycles. The highest BCUT2D eigenvalue weighted by atomic mass is 16.2. The monoisotopic (exact) mass is 192 g/mol. The summed E-state index contributed by atoms with van der Waals surface area (Å²) in [4.78, 5) is 48.0. The van der Waals surface area contributed by atoms with Gasteiger partial charge in [0.25, 0.3) is 11.8 Å². The van der Waals surface area contributed by atoms with Crippen molar-refractivity contribution in [2.24, 2.45) is 10.9 Å². The van der Waals surface area contributed by atoms with E-state index in [4.69, 9.17) is 0 Å². The van der Waals surface area contributed by atoms with E-state index in [1.165, 1.54) is 0 Å². The second-order valence-corrected chi connectivity index (χ2v) is 2.85. The Morgan fingerprint density at radius 3 is 2.57 bits per heavy atom. The fourth-order valence-electron chi connectivity index (χ4n) is 1.32. The molecule has 2 aliphatic heterocycles. The minimum absolute atomic E-state index is 0.0675. The zero-order valence-electron chi connectivity index (χ0n) is 6.81. The maximum atomic E-state index is 11.2. The third-order valence-electron chi connectivity index (χ3n) is 1.99. The predicted octanol–water partition coefficient (Wildman–Crippen LogP) is -1.63. The van der Waals surface area contributed by atoms with Crippen molar-refractivity contribution in [3.8, 4) is 0 Å². The topological polar surface area (TPSA) is 92.7 Å². The van der Waals surface area contributed by atoms with Gasteiger partial charge in [0, 0.05) is 6.20 Å². The molecule has 2 heterocycles. The molecular formula is C8H4N2O4.